The predicted molar refractivity (Wildman–Crippen MR) is 65.1 cm³/mol. The van der Waals surface area contributed by atoms with Crippen LogP contribution in [0.25, 0.3) is 0 Å². The first-order valence-electron chi connectivity index (χ1n) is 4.95. The molecule has 0 bridgehead atoms. The zero-order valence-electron chi connectivity index (χ0n) is 9.73. The molecule has 1 N–H and O–H groups in total. The summed E-state index contributed by atoms with van der Waals surface area (Å²) in [7, 11) is -3.44. The second-order valence-electron chi connectivity index (χ2n) is 3.84. The first-order chi connectivity index (χ1) is 7.77. The van der Waals surface area contributed by atoms with Crippen molar-refractivity contribution in [2.45, 2.75) is 18.2 Å². The minimum Gasteiger partial charge on any atom is -0.478 e. The number of carboxylic acids is 1. The Morgan fingerprint density at radius 1 is 1.47 bits per heavy atom. The van der Waals surface area contributed by atoms with E-state index in [4.69, 9.17) is 5.11 Å². The average molecular weight is 254 g/mol. The molecule has 0 amide bonds. The Labute approximate surface area is 101 Å². The number of benzene rings is 1. The Morgan fingerprint density at radius 2 is 2.06 bits per heavy atom. The largest absolute Gasteiger partial charge is 0.478 e. The topological polar surface area (TPSA) is 71.4 Å². The van der Waals surface area contributed by atoms with Crippen LogP contribution in [0.1, 0.15) is 21.5 Å². The standard InChI is InChI=1S/C12H14O4S/c1-4-5-9-6-8(2)10(12(13)14)7-11(9)17(3,15)16/h4,6-7H,1,5H2,2-3H3,(H,13,14). The average Bonchev–Trinajstić information content (AvgIpc) is 2.15. The summed E-state index contributed by atoms with van der Waals surface area (Å²) in [5.74, 6) is -1.13. The maximum absolute atomic E-state index is 11.6. The summed E-state index contributed by atoms with van der Waals surface area (Å²) in [5.41, 5.74) is 1.13. The highest BCUT2D eigenvalue weighted by Crippen LogP contribution is 2.22. The van der Waals surface area contributed by atoms with E-state index in [9.17, 15) is 13.2 Å². The van der Waals surface area contributed by atoms with Gasteiger partial charge in [-0.15, -0.1) is 6.58 Å². The molecule has 1 aromatic rings. The third kappa shape index (κ3) is 2.94. The third-order valence-corrected chi connectivity index (χ3v) is 3.58. The van der Waals surface area contributed by atoms with Crippen LogP contribution in [0.15, 0.2) is 29.7 Å². The van der Waals surface area contributed by atoms with Gasteiger partial charge in [-0.05, 0) is 30.5 Å². The van der Waals surface area contributed by atoms with Gasteiger partial charge in [-0.3, -0.25) is 0 Å². The van der Waals surface area contributed by atoms with E-state index in [1.165, 1.54) is 6.07 Å². The number of hydrogen-bond acceptors (Lipinski definition) is 3. The van der Waals surface area contributed by atoms with Crippen molar-refractivity contribution in [3.8, 4) is 0 Å². The van der Waals surface area contributed by atoms with Crippen LogP contribution < -0.4 is 0 Å². The zero-order chi connectivity index (χ0) is 13.2. The summed E-state index contributed by atoms with van der Waals surface area (Å²) >= 11 is 0. The number of hydrogen-bond donors (Lipinski definition) is 1. The molecule has 0 aliphatic heterocycles. The second-order valence-corrected chi connectivity index (χ2v) is 5.83. The van der Waals surface area contributed by atoms with Crippen molar-refractivity contribution in [3.63, 3.8) is 0 Å². The first kappa shape index (κ1) is 13.4. The van der Waals surface area contributed by atoms with Gasteiger partial charge in [0.15, 0.2) is 9.84 Å². The predicted octanol–water partition coefficient (Wildman–Crippen LogP) is 1.83. The Kier molecular flexibility index (Phi) is 3.72. The molecule has 0 heterocycles. The molecule has 0 aliphatic carbocycles. The lowest BCUT2D eigenvalue weighted by molar-refractivity contribution is 0.0696. The van der Waals surface area contributed by atoms with Gasteiger partial charge in [-0.2, -0.15) is 0 Å². The minimum absolute atomic E-state index is 0.0123. The fourth-order valence-electron chi connectivity index (χ4n) is 1.64. The lowest BCUT2D eigenvalue weighted by Gasteiger charge is -2.10. The van der Waals surface area contributed by atoms with Crippen LogP contribution in [0, 0.1) is 6.92 Å². The lowest BCUT2D eigenvalue weighted by atomic mass is 10.0. The molecule has 0 spiro atoms. The molecule has 5 heteroatoms. The number of rotatable bonds is 4. The normalized spacial score (nSPS) is 11.2. The van der Waals surface area contributed by atoms with Gasteiger partial charge < -0.3 is 5.11 Å². The van der Waals surface area contributed by atoms with Crippen LogP contribution in [0.3, 0.4) is 0 Å². The number of aryl methyl sites for hydroxylation is 1. The summed E-state index contributed by atoms with van der Waals surface area (Å²) in [6.45, 7) is 5.20. The summed E-state index contributed by atoms with van der Waals surface area (Å²) in [6.07, 6.45) is 3.04. The quantitative estimate of drug-likeness (QED) is 0.832. The van der Waals surface area contributed by atoms with E-state index in [1.807, 2.05) is 0 Å². The van der Waals surface area contributed by atoms with Crippen molar-refractivity contribution >= 4 is 15.8 Å². The van der Waals surface area contributed by atoms with Crippen LogP contribution in [-0.4, -0.2) is 25.7 Å². The fraction of sp³-hybridized carbons (Fsp3) is 0.250. The van der Waals surface area contributed by atoms with Crippen molar-refractivity contribution in [2.75, 3.05) is 6.26 Å². The molecule has 0 fully saturated rings. The van der Waals surface area contributed by atoms with Crippen LogP contribution in [0.4, 0.5) is 0 Å². The molecule has 0 atom stereocenters. The van der Waals surface area contributed by atoms with Crippen LogP contribution in [-0.2, 0) is 16.3 Å². The van der Waals surface area contributed by atoms with Gasteiger partial charge in [0.05, 0.1) is 10.5 Å². The number of carbonyl (C=O) groups is 1. The molecule has 0 aromatic heterocycles. The highest BCUT2D eigenvalue weighted by Gasteiger charge is 2.17. The van der Waals surface area contributed by atoms with E-state index in [-0.39, 0.29) is 10.5 Å². The fourth-order valence-corrected chi connectivity index (χ4v) is 2.59. The Hall–Kier alpha value is -1.62. The molecule has 92 valence electrons. The number of carboxylic acid groups (broad SMARTS) is 1. The highest BCUT2D eigenvalue weighted by atomic mass is 32.2. The van der Waals surface area contributed by atoms with Gasteiger partial charge in [0.1, 0.15) is 0 Å². The van der Waals surface area contributed by atoms with Crippen molar-refractivity contribution in [1.29, 1.82) is 0 Å². The van der Waals surface area contributed by atoms with Crippen molar-refractivity contribution in [2.24, 2.45) is 0 Å². The molecular weight excluding hydrogens is 240 g/mol. The lowest BCUT2D eigenvalue weighted by Crippen LogP contribution is -2.08. The zero-order valence-corrected chi connectivity index (χ0v) is 10.5. The van der Waals surface area contributed by atoms with Crippen LogP contribution >= 0.6 is 0 Å². The van der Waals surface area contributed by atoms with E-state index in [0.717, 1.165) is 6.26 Å². The van der Waals surface area contributed by atoms with Gasteiger partial charge in [-0.25, -0.2) is 13.2 Å². The smallest absolute Gasteiger partial charge is 0.335 e. The second kappa shape index (κ2) is 4.71. The highest BCUT2D eigenvalue weighted by molar-refractivity contribution is 7.90. The third-order valence-electron chi connectivity index (χ3n) is 2.40. The monoisotopic (exact) mass is 254 g/mol. The molecule has 0 radical (unpaired) electrons. The van der Waals surface area contributed by atoms with Gasteiger partial charge in [0.25, 0.3) is 0 Å². The maximum Gasteiger partial charge on any atom is 0.335 e. The molecular formula is C12H14O4S. The molecule has 1 rings (SSSR count). The van der Waals surface area contributed by atoms with Crippen LogP contribution in [0.2, 0.25) is 0 Å². The minimum atomic E-state index is -3.44. The molecule has 0 saturated carbocycles. The van der Waals surface area contributed by atoms with Crippen molar-refractivity contribution < 1.29 is 18.3 Å². The van der Waals surface area contributed by atoms with Crippen molar-refractivity contribution in [1.82, 2.24) is 0 Å². The molecule has 0 saturated heterocycles. The summed E-state index contributed by atoms with van der Waals surface area (Å²) in [5, 5.41) is 8.96. The van der Waals surface area contributed by atoms with E-state index in [0.29, 0.717) is 17.5 Å². The van der Waals surface area contributed by atoms with Gasteiger partial charge in [0, 0.05) is 6.26 Å². The first-order valence-corrected chi connectivity index (χ1v) is 6.84. The summed E-state index contributed by atoms with van der Waals surface area (Å²) < 4.78 is 23.2. The van der Waals surface area contributed by atoms with Gasteiger partial charge >= 0.3 is 5.97 Å². The molecule has 4 nitrogen and oxygen atoms in total. The molecule has 17 heavy (non-hydrogen) atoms. The summed E-state index contributed by atoms with van der Waals surface area (Å²) in [4.78, 5) is 11.0. The van der Waals surface area contributed by atoms with E-state index in [1.54, 1.807) is 19.1 Å². The van der Waals surface area contributed by atoms with Gasteiger partial charge in [0.2, 0.25) is 0 Å². The van der Waals surface area contributed by atoms with E-state index < -0.39 is 15.8 Å². The SMILES string of the molecule is C=CCc1cc(C)c(C(=O)O)cc1S(C)(=O)=O. The maximum atomic E-state index is 11.6. The van der Waals surface area contributed by atoms with E-state index >= 15 is 0 Å². The summed E-state index contributed by atoms with van der Waals surface area (Å²) in [6, 6.07) is 2.80. The molecule has 0 unspecified atom stereocenters. The van der Waals surface area contributed by atoms with Gasteiger partial charge in [-0.1, -0.05) is 12.1 Å². The Balaban J connectivity index is 3.59. The Morgan fingerprint density at radius 3 is 2.47 bits per heavy atom. The Bertz CT molecular complexity index is 570. The number of sulfone groups is 1. The van der Waals surface area contributed by atoms with Crippen LogP contribution in [0.5, 0.6) is 0 Å². The van der Waals surface area contributed by atoms with Crippen molar-refractivity contribution in [3.05, 3.63) is 41.5 Å². The molecule has 1 aromatic carbocycles. The number of allylic oxidation sites excluding steroid dienone is 1. The molecule has 0 aliphatic rings. The van der Waals surface area contributed by atoms with E-state index in [2.05, 4.69) is 6.58 Å². The number of aromatic carboxylic acids is 1.